The van der Waals surface area contributed by atoms with Crippen molar-refractivity contribution in [2.75, 3.05) is 19.6 Å². The van der Waals surface area contributed by atoms with Crippen LogP contribution in [-0.4, -0.2) is 35.3 Å². The van der Waals surface area contributed by atoms with Gasteiger partial charge in [0, 0.05) is 36.1 Å². The van der Waals surface area contributed by atoms with Crippen molar-refractivity contribution in [1.82, 2.24) is 9.80 Å². The largest absolute Gasteiger partial charge is 0.338 e. The van der Waals surface area contributed by atoms with E-state index in [-0.39, 0.29) is 5.92 Å². The Kier molecular flexibility index (Phi) is 4.61. The number of carbonyl (C=O) groups excluding carboxylic acids is 1. The van der Waals surface area contributed by atoms with Gasteiger partial charge < -0.3 is 4.90 Å². The van der Waals surface area contributed by atoms with Crippen LogP contribution in [0.4, 0.5) is 0 Å². The second-order valence-corrected chi connectivity index (χ2v) is 8.17. The van der Waals surface area contributed by atoms with E-state index in [1.807, 2.05) is 29.5 Å². The number of amides is 1. The number of nitrogens with zero attached hydrogens (tertiary/aromatic N) is 2. The highest BCUT2D eigenvalue weighted by atomic mass is 35.5. The molecule has 5 heteroatoms. The molecule has 1 aromatic heterocycles. The summed E-state index contributed by atoms with van der Waals surface area (Å²) in [7, 11) is 0. The second-order valence-electron chi connectivity index (χ2n) is 6.73. The van der Waals surface area contributed by atoms with Gasteiger partial charge in [0.2, 0.25) is 5.91 Å². The summed E-state index contributed by atoms with van der Waals surface area (Å²) in [6.07, 6.45) is 1.98. The second kappa shape index (κ2) is 6.87. The van der Waals surface area contributed by atoms with Gasteiger partial charge >= 0.3 is 0 Å². The van der Waals surface area contributed by atoms with E-state index in [0.29, 0.717) is 5.91 Å². The highest BCUT2D eigenvalue weighted by molar-refractivity contribution is 7.10. The molecule has 0 spiro atoms. The Morgan fingerprint density at radius 3 is 3.08 bits per heavy atom. The zero-order valence-corrected chi connectivity index (χ0v) is 15.2. The van der Waals surface area contributed by atoms with E-state index in [0.717, 1.165) is 50.6 Å². The first-order valence-corrected chi connectivity index (χ1v) is 9.75. The third-order valence-electron chi connectivity index (χ3n) is 5.04. The third kappa shape index (κ3) is 3.37. The van der Waals surface area contributed by atoms with Crippen LogP contribution in [0.5, 0.6) is 0 Å². The van der Waals surface area contributed by atoms with E-state index in [2.05, 4.69) is 27.3 Å². The molecule has 4 rings (SSSR count). The van der Waals surface area contributed by atoms with Gasteiger partial charge in [0.25, 0.3) is 0 Å². The molecule has 1 aromatic carbocycles. The summed E-state index contributed by atoms with van der Waals surface area (Å²) in [6.45, 7) is 4.39. The molecule has 0 radical (unpaired) electrons. The lowest BCUT2D eigenvalue weighted by Gasteiger charge is -2.29. The lowest BCUT2D eigenvalue weighted by Crippen LogP contribution is -2.40. The maximum atomic E-state index is 12.9. The van der Waals surface area contributed by atoms with E-state index in [9.17, 15) is 4.79 Å². The number of thiophene rings is 1. The predicted octanol–water partition coefficient (Wildman–Crippen LogP) is 3.81. The molecule has 0 bridgehead atoms. The predicted molar refractivity (Wildman–Crippen MR) is 98.3 cm³/mol. The first-order valence-electron chi connectivity index (χ1n) is 8.50. The molecule has 1 unspecified atom stereocenters. The molecule has 2 aromatic rings. The van der Waals surface area contributed by atoms with Gasteiger partial charge in [0.05, 0.1) is 5.92 Å². The van der Waals surface area contributed by atoms with Crippen molar-refractivity contribution in [2.45, 2.75) is 25.9 Å². The van der Waals surface area contributed by atoms with Gasteiger partial charge in [0.1, 0.15) is 0 Å². The average Bonchev–Trinajstić information content (AvgIpc) is 3.22. The standard InChI is InChI=1S/C19H21ClN2OS/c20-17-3-1-2-14(10-17)11-21-7-4-16(12-21)19(23)22-8-5-18-15(13-22)6-9-24-18/h1-3,6,9-10,16H,4-5,7-8,11-13H2. The molecule has 24 heavy (non-hydrogen) atoms. The molecule has 126 valence electrons. The Morgan fingerprint density at radius 2 is 2.21 bits per heavy atom. The summed E-state index contributed by atoms with van der Waals surface area (Å²) in [4.78, 5) is 18.7. The average molecular weight is 361 g/mol. The van der Waals surface area contributed by atoms with Crippen molar-refractivity contribution in [2.24, 2.45) is 5.92 Å². The SMILES string of the molecule is O=C(C1CCN(Cc2cccc(Cl)c2)C1)N1CCc2sccc2C1. The summed E-state index contributed by atoms with van der Waals surface area (Å²) in [5, 5.41) is 2.92. The highest BCUT2D eigenvalue weighted by Crippen LogP contribution is 2.27. The van der Waals surface area contributed by atoms with Crippen LogP contribution in [-0.2, 0) is 24.3 Å². The van der Waals surface area contributed by atoms with Crippen LogP contribution in [0, 0.1) is 5.92 Å². The number of likely N-dealkylation sites (tertiary alicyclic amines) is 1. The number of hydrogen-bond acceptors (Lipinski definition) is 3. The molecular weight excluding hydrogens is 340 g/mol. The molecule has 3 nitrogen and oxygen atoms in total. The van der Waals surface area contributed by atoms with Crippen LogP contribution < -0.4 is 0 Å². The third-order valence-corrected chi connectivity index (χ3v) is 6.29. The molecule has 0 N–H and O–H groups in total. The van der Waals surface area contributed by atoms with Crippen LogP contribution in [0.15, 0.2) is 35.7 Å². The number of carbonyl (C=O) groups is 1. The first kappa shape index (κ1) is 16.1. The van der Waals surface area contributed by atoms with E-state index in [1.54, 1.807) is 0 Å². The minimum atomic E-state index is 0.143. The fourth-order valence-corrected chi connectivity index (χ4v) is 4.87. The Labute approximate surface area is 151 Å². The zero-order chi connectivity index (χ0) is 16.5. The Bertz CT molecular complexity index is 744. The van der Waals surface area contributed by atoms with Crippen molar-refractivity contribution in [3.8, 4) is 0 Å². The molecule has 2 aliphatic heterocycles. The summed E-state index contributed by atoms with van der Waals surface area (Å²) >= 11 is 7.88. The molecule has 3 heterocycles. The summed E-state index contributed by atoms with van der Waals surface area (Å²) < 4.78 is 0. The maximum Gasteiger partial charge on any atom is 0.227 e. The number of hydrogen-bond donors (Lipinski definition) is 0. The Hall–Kier alpha value is -1.36. The quantitative estimate of drug-likeness (QED) is 0.831. The fourth-order valence-electron chi connectivity index (χ4n) is 3.77. The molecule has 1 atom stereocenters. The van der Waals surface area contributed by atoms with Crippen molar-refractivity contribution in [1.29, 1.82) is 0 Å². The van der Waals surface area contributed by atoms with Crippen LogP contribution in [0.25, 0.3) is 0 Å². The number of fused-ring (bicyclic) bond motifs is 1. The molecule has 1 saturated heterocycles. The minimum Gasteiger partial charge on any atom is -0.338 e. The van der Waals surface area contributed by atoms with E-state index in [4.69, 9.17) is 11.6 Å². The van der Waals surface area contributed by atoms with E-state index in [1.165, 1.54) is 16.0 Å². The zero-order valence-electron chi connectivity index (χ0n) is 13.6. The van der Waals surface area contributed by atoms with Crippen LogP contribution in [0.2, 0.25) is 5.02 Å². The molecular formula is C19H21ClN2OS. The monoisotopic (exact) mass is 360 g/mol. The molecule has 2 aliphatic rings. The molecule has 0 aliphatic carbocycles. The number of benzene rings is 1. The van der Waals surface area contributed by atoms with Gasteiger partial charge in [0.15, 0.2) is 0 Å². The number of rotatable bonds is 3. The van der Waals surface area contributed by atoms with Crippen LogP contribution in [0.3, 0.4) is 0 Å². The van der Waals surface area contributed by atoms with Crippen molar-refractivity contribution in [3.63, 3.8) is 0 Å². The van der Waals surface area contributed by atoms with E-state index < -0.39 is 0 Å². The van der Waals surface area contributed by atoms with Gasteiger partial charge in [-0.05, 0) is 54.1 Å². The highest BCUT2D eigenvalue weighted by Gasteiger charge is 2.32. The Morgan fingerprint density at radius 1 is 1.29 bits per heavy atom. The van der Waals surface area contributed by atoms with E-state index >= 15 is 0 Å². The van der Waals surface area contributed by atoms with Gasteiger partial charge in [-0.3, -0.25) is 9.69 Å². The van der Waals surface area contributed by atoms with Crippen molar-refractivity contribution in [3.05, 3.63) is 56.7 Å². The van der Waals surface area contributed by atoms with Crippen LogP contribution >= 0.6 is 22.9 Å². The molecule has 1 amide bonds. The summed E-state index contributed by atoms with van der Waals surface area (Å²) in [5.74, 6) is 0.477. The maximum absolute atomic E-state index is 12.9. The lowest BCUT2D eigenvalue weighted by molar-refractivity contribution is -0.136. The van der Waals surface area contributed by atoms with Crippen LogP contribution in [0.1, 0.15) is 22.4 Å². The molecule has 1 fully saturated rings. The summed E-state index contributed by atoms with van der Waals surface area (Å²) in [5.41, 5.74) is 2.56. The Balaban J connectivity index is 1.35. The van der Waals surface area contributed by atoms with Gasteiger partial charge in [-0.2, -0.15) is 0 Å². The first-order chi connectivity index (χ1) is 11.7. The number of halogens is 1. The van der Waals surface area contributed by atoms with Gasteiger partial charge in [-0.1, -0.05) is 23.7 Å². The molecule has 0 saturated carbocycles. The topological polar surface area (TPSA) is 23.6 Å². The van der Waals surface area contributed by atoms with Gasteiger partial charge in [-0.15, -0.1) is 11.3 Å². The minimum absolute atomic E-state index is 0.143. The lowest BCUT2D eigenvalue weighted by atomic mass is 10.0. The van der Waals surface area contributed by atoms with Crippen molar-refractivity contribution >= 4 is 28.8 Å². The smallest absolute Gasteiger partial charge is 0.227 e. The van der Waals surface area contributed by atoms with Crippen molar-refractivity contribution < 1.29 is 4.79 Å². The van der Waals surface area contributed by atoms with Gasteiger partial charge in [-0.25, -0.2) is 0 Å². The normalized spacial score (nSPS) is 21.0. The summed E-state index contributed by atoms with van der Waals surface area (Å²) in [6, 6.07) is 10.2. The fraction of sp³-hybridized carbons (Fsp3) is 0.421.